The van der Waals surface area contributed by atoms with E-state index in [9.17, 15) is 34.6 Å². The first kappa shape index (κ1) is 30.0. The van der Waals surface area contributed by atoms with E-state index in [1.807, 2.05) is 13.8 Å². The summed E-state index contributed by atoms with van der Waals surface area (Å²) < 4.78 is 5.86. The van der Waals surface area contributed by atoms with Crippen molar-refractivity contribution in [3.8, 4) is 0 Å². The van der Waals surface area contributed by atoms with Gasteiger partial charge in [-0.2, -0.15) is 0 Å². The van der Waals surface area contributed by atoms with Gasteiger partial charge in [0, 0.05) is 17.8 Å². The Labute approximate surface area is 211 Å². The van der Waals surface area contributed by atoms with Crippen molar-refractivity contribution in [2.45, 2.75) is 96.7 Å². The van der Waals surface area contributed by atoms with Crippen LogP contribution < -0.4 is 11.0 Å². The van der Waals surface area contributed by atoms with Crippen molar-refractivity contribution in [3.63, 3.8) is 0 Å². The Kier molecular flexibility index (Phi) is 12.1. The molecule has 2 aliphatic rings. The first-order valence-electron chi connectivity index (χ1n) is 13.1. The molecular weight excluding hydrogens is 472 g/mol. The first-order chi connectivity index (χ1) is 17.2. The van der Waals surface area contributed by atoms with Crippen molar-refractivity contribution < 1.29 is 44.5 Å². The zero-order valence-electron chi connectivity index (χ0n) is 21.2. The molecule has 0 aliphatic heterocycles. The Morgan fingerprint density at radius 1 is 0.778 bits per heavy atom. The highest BCUT2D eigenvalue weighted by Gasteiger charge is 2.46. The number of esters is 1. The van der Waals surface area contributed by atoms with Gasteiger partial charge < -0.3 is 14.9 Å². The quantitative estimate of drug-likeness (QED) is 0.129. The first-order valence-corrected chi connectivity index (χ1v) is 13.1. The number of aliphatic hydroxyl groups is 1. The number of aliphatic hydroxyl groups excluding tert-OH is 1. The van der Waals surface area contributed by atoms with Crippen LogP contribution in [0.5, 0.6) is 0 Å². The Hall–Kier alpha value is -2.24. The molecule has 8 atom stereocenters. The number of hydrogen-bond acceptors (Lipinski definition) is 8. The molecule has 0 saturated heterocycles. The minimum Gasteiger partial charge on any atom is -0.481 e. The highest BCUT2D eigenvalue weighted by atomic mass is 16.5. The molecule has 0 aromatic heterocycles. The predicted molar refractivity (Wildman–Crippen MR) is 126 cm³/mol. The highest BCUT2D eigenvalue weighted by molar-refractivity contribution is 5.80. The van der Waals surface area contributed by atoms with Crippen LogP contribution in [0.15, 0.2) is 0 Å². The minimum absolute atomic E-state index is 0.0155. The third-order valence-corrected chi connectivity index (χ3v) is 8.03. The van der Waals surface area contributed by atoms with Gasteiger partial charge >= 0.3 is 11.9 Å². The second kappa shape index (κ2) is 14.5. The molecule has 6 N–H and O–H groups in total. The molecule has 2 amide bonds. The molecule has 2 saturated carbocycles. The molecule has 11 heteroatoms. The van der Waals surface area contributed by atoms with Crippen LogP contribution in [-0.2, 0) is 23.9 Å². The SMILES string of the molecule is CCCCC1CC(C(=O)OC2CC(CCCC)C(C(=O)NO)CC2CC(=O)O)C(O)CC1C(=O)NO. The van der Waals surface area contributed by atoms with E-state index in [2.05, 4.69) is 0 Å². The summed E-state index contributed by atoms with van der Waals surface area (Å²) in [6.07, 6.45) is 3.30. The second-order valence-electron chi connectivity index (χ2n) is 10.4. The molecule has 0 radical (unpaired) electrons. The summed E-state index contributed by atoms with van der Waals surface area (Å²) in [7, 11) is 0. The van der Waals surface area contributed by atoms with Gasteiger partial charge in [-0.05, 0) is 50.4 Å². The topological polar surface area (TPSA) is 182 Å². The van der Waals surface area contributed by atoms with Crippen molar-refractivity contribution in [2.24, 2.45) is 35.5 Å². The number of carbonyl (C=O) groups is 4. The Morgan fingerprint density at radius 3 is 1.78 bits per heavy atom. The molecule has 2 aliphatic carbocycles. The zero-order valence-corrected chi connectivity index (χ0v) is 21.2. The molecule has 36 heavy (non-hydrogen) atoms. The van der Waals surface area contributed by atoms with Crippen LogP contribution in [0.2, 0.25) is 0 Å². The number of rotatable bonds is 12. The van der Waals surface area contributed by atoms with Crippen molar-refractivity contribution in [3.05, 3.63) is 0 Å². The highest BCUT2D eigenvalue weighted by Crippen LogP contribution is 2.42. The molecular formula is C25H42N2O9. The van der Waals surface area contributed by atoms with E-state index in [1.54, 1.807) is 11.0 Å². The van der Waals surface area contributed by atoms with Crippen LogP contribution in [0.1, 0.15) is 84.5 Å². The summed E-state index contributed by atoms with van der Waals surface area (Å²) in [6.45, 7) is 4.02. The molecule has 0 aromatic carbocycles. The van der Waals surface area contributed by atoms with Gasteiger partial charge in [0.25, 0.3) is 0 Å². The van der Waals surface area contributed by atoms with Crippen LogP contribution >= 0.6 is 0 Å². The molecule has 2 rings (SSSR count). The van der Waals surface area contributed by atoms with E-state index in [1.165, 1.54) is 0 Å². The summed E-state index contributed by atoms with van der Waals surface area (Å²) >= 11 is 0. The van der Waals surface area contributed by atoms with E-state index in [4.69, 9.17) is 9.94 Å². The summed E-state index contributed by atoms with van der Waals surface area (Å²) in [5.74, 6) is -5.95. The number of carboxylic acid groups (broad SMARTS) is 1. The molecule has 11 nitrogen and oxygen atoms in total. The van der Waals surface area contributed by atoms with E-state index < -0.39 is 59.6 Å². The number of unbranched alkanes of at least 4 members (excludes halogenated alkanes) is 2. The average molecular weight is 515 g/mol. The normalized spacial score (nSPS) is 32.4. The predicted octanol–water partition coefficient (Wildman–Crippen LogP) is 2.41. The third-order valence-electron chi connectivity index (χ3n) is 8.03. The van der Waals surface area contributed by atoms with Gasteiger partial charge in [-0.15, -0.1) is 0 Å². The lowest BCUT2D eigenvalue weighted by atomic mass is 9.69. The van der Waals surface area contributed by atoms with Gasteiger partial charge in [-0.3, -0.25) is 29.6 Å². The maximum atomic E-state index is 13.3. The van der Waals surface area contributed by atoms with Crippen molar-refractivity contribution in [1.82, 2.24) is 11.0 Å². The standard InChI is InChI=1S/C25H42N2O9/c1-3-5-7-14-9-19(20(28)13-18(14)24(32)27-35)25(33)36-21-11-15(8-6-4-2)17(23(31)26-34)10-16(21)12-22(29)30/h14-21,28,34-35H,3-13H2,1-2H3,(H,26,31)(H,27,32)(H,29,30). The smallest absolute Gasteiger partial charge is 0.311 e. The Morgan fingerprint density at radius 2 is 1.28 bits per heavy atom. The van der Waals surface area contributed by atoms with E-state index in [-0.39, 0.29) is 37.5 Å². The fourth-order valence-corrected chi connectivity index (χ4v) is 6.04. The summed E-state index contributed by atoms with van der Waals surface area (Å²) in [4.78, 5) is 49.3. The van der Waals surface area contributed by atoms with Gasteiger partial charge in [-0.1, -0.05) is 39.5 Å². The van der Waals surface area contributed by atoms with Crippen molar-refractivity contribution >= 4 is 23.8 Å². The minimum atomic E-state index is -1.14. The van der Waals surface area contributed by atoms with Gasteiger partial charge in [0.05, 0.1) is 18.4 Å². The number of carbonyl (C=O) groups excluding carboxylic acids is 3. The van der Waals surface area contributed by atoms with Crippen LogP contribution in [-0.4, -0.2) is 56.6 Å². The van der Waals surface area contributed by atoms with Crippen molar-refractivity contribution in [2.75, 3.05) is 0 Å². The number of hydrogen-bond donors (Lipinski definition) is 6. The fraction of sp³-hybridized carbons (Fsp3) is 0.840. The number of nitrogens with one attached hydrogen (secondary N) is 2. The van der Waals surface area contributed by atoms with Crippen molar-refractivity contribution in [1.29, 1.82) is 0 Å². The molecule has 0 bridgehead atoms. The zero-order chi connectivity index (χ0) is 26.8. The van der Waals surface area contributed by atoms with Gasteiger partial charge in [0.1, 0.15) is 6.10 Å². The molecule has 206 valence electrons. The maximum Gasteiger partial charge on any atom is 0.311 e. The average Bonchev–Trinajstić information content (AvgIpc) is 2.86. The van der Waals surface area contributed by atoms with E-state index in [0.717, 1.165) is 25.7 Å². The number of carboxylic acids is 1. The number of aliphatic carboxylic acids is 1. The summed E-state index contributed by atoms with van der Waals surface area (Å²) in [5.41, 5.74) is 3.35. The molecule has 0 aromatic rings. The van der Waals surface area contributed by atoms with E-state index in [0.29, 0.717) is 19.3 Å². The molecule has 0 heterocycles. The lowest BCUT2D eigenvalue weighted by Crippen LogP contribution is -2.48. The summed E-state index contributed by atoms with van der Waals surface area (Å²) in [6, 6.07) is 0. The largest absolute Gasteiger partial charge is 0.481 e. The van der Waals surface area contributed by atoms with Crippen LogP contribution in [0.4, 0.5) is 0 Å². The molecule has 0 spiro atoms. The summed E-state index contributed by atoms with van der Waals surface area (Å²) in [5, 5.41) is 38.5. The fourth-order valence-electron chi connectivity index (χ4n) is 6.04. The number of amides is 2. The van der Waals surface area contributed by atoms with Crippen LogP contribution in [0.25, 0.3) is 0 Å². The molecule has 8 unspecified atom stereocenters. The monoisotopic (exact) mass is 514 g/mol. The van der Waals surface area contributed by atoms with E-state index >= 15 is 0 Å². The van der Waals surface area contributed by atoms with Gasteiger partial charge in [0.15, 0.2) is 0 Å². The van der Waals surface area contributed by atoms with Crippen LogP contribution in [0, 0.1) is 35.5 Å². The second-order valence-corrected chi connectivity index (χ2v) is 10.4. The lowest BCUT2D eigenvalue weighted by molar-refractivity contribution is -0.173. The maximum absolute atomic E-state index is 13.3. The Bertz CT molecular complexity index is 762. The van der Waals surface area contributed by atoms with Gasteiger partial charge in [0.2, 0.25) is 11.8 Å². The van der Waals surface area contributed by atoms with Crippen LogP contribution in [0.3, 0.4) is 0 Å². The number of ether oxygens (including phenoxy) is 1. The lowest BCUT2D eigenvalue weighted by Gasteiger charge is -2.41. The van der Waals surface area contributed by atoms with Gasteiger partial charge in [-0.25, -0.2) is 11.0 Å². The number of hydroxylamine groups is 2. The molecule has 2 fully saturated rings. The Balaban J connectivity index is 2.20. The third kappa shape index (κ3) is 7.88.